The molecule has 0 radical (unpaired) electrons. The first-order valence-corrected chi connectivity index (χ1v) is 4.93. The molecule has 0 aliphatic rings. The minimum Gasteiger partial charge on any atom is -0.406 e. The van der Waals surface area contributed by atoms with Crippen LogP contribution in [0.3, 0.4) is 0 Å². The van der Waals surface area contributed by atoms with E-state index in [1.54, 1.807) is 0 Å². The fourth-order valence-electron chi connectivity index (χ4n) is 1.24. The van der Waals surface area contributed by atoms with Gasteiger partial charge in [0.2, 0.25) is 0 Å². The van der Waals surface area contributed by atoms with Crippen molar-refractivity contribution in [3.63, 3.8) is 0 Å². The maximum atomic E-state index is 11.8. The number of aliphatic hydroxyl groups is 1. The maximum Gasteiger partial charge on any atom is 0.573 e. The number of alkyl halides is 3. The topological polar surface area (TPSA) is 29.5 Å². The summed E-state index contributed by atoms with van der Waals surface area (Å²) in [7, 11) is 0. The van der Waals surface area contributed by atoms with Gasteiger partial charge >= 0.3 is 6.36 Å². The van der Waals surface area contributed by atoms with Gasteiger partial charge < -0.3 is 9.84 Å². The zero-order valence-corrected chi connectivity index (χ0v) is 8.79. The van der Waals surface area contributed by atoms with Crippen LogP contribution in [0.25, 0.3) is 0 Å². The van der Waals surface area contributed by atoms with Crippen molar-refractivity contribution < 1.29 is 23.0 Å². The van der Waals surface area contributed by atoms with Crippen molar-refractivity contribution in [2.45, 2.75) is 32.2 Å². The third kappa shape index (κ3) is 4.53. The molecule has 0 amide bonds. The van der Waals surface area contributed by atoms with E-state index >= 15 is 0 Å². The Kier molecular flexibility index (Phi) is 4.18. The Morgan fingerprint density at radius 2 is 1.81 bits per heavy atom. The highest BCUT2D eigenvalue weighted by molar-refractivity contribution is 5.27. The lowest BCUT2D eigenvalue weighted by Crippen LogP contribution is -2.17. The van der Waals surface area contributed by atoms with E-state index in [1.165, 1.54) is 24.3 Å². The lowest BCUT2D eigenvalue weighted by molar-refractivity contribution is -0.274. The molecule has 1 rings (SSSR count). The van der Waals surface area contributed by atoms with Crippen LogP contribution < -0.4 is 4.74 Å². The number of ether oxygens (including phenoxy) is 1. The summed E-state index contributed by atoms with van der Waals surface area (Å²) in [4.78, 5) is 0. The summed E-state index contributed by atoms with van der Waals surface area (Å²) in [5, 5.41) is 9.36. The molecule has 16 heavy (non-hydrogen) atoms. The van der Waals surface area contributed by atoms with Gasteiger partial charge in [0.1, 0.15) is 5.75 Å². The molecule has 2 nitrogen and oxygen atoms in total. The predicted octanol–water partition coefficient (Wildman–Crippen LogP) is 2.90. The SMILES string of the molecule is CC[C@@H](O)Cc1ccc(OC(F)(F)F)cc1. The number of rotatable bonds is 4. The van der Waals surface area contributed by atoms with Gasteiger partial charge in [0.25, 0.3) is 0 Å². The van der Waals surface area contributed by atoms with Crippen LogP contribution >= 0.6 is 0 Å². The van der Waals surface area contributed by atoms with Crippen molar-refractivity contribution in [1.29, 1.82) is 0 Å². The molecule has 0 saturated heterocycles. The second kappa shape index (κ2) is 5.21. The first-order valence-electron chi connectivity index (χ1n) is 4.93. The van der Waals surface area contributed by atoms with Crippen molar-refractivity contribution in [2.24, 2.45) is 0 Å². The van der Waals surface area contributed by atoms with Crippen LogP contribution in [0.1, 0.15) is 18.9 Å². The van der Waals surface area contributed by atoms with Gasteiger partial charge in [-0.25, -0.2) is 0 Å². The first-order chi connectivity index (χ1) is 7.40. The molecule has 1 aromatic rings. The second-order valence-electron chi connectivity index (χ2n) is 3.46. The number of hydrogen-bond donors (Lipinski definition) is 1. The average molecular weight is 234 g/mol. The number of aliphatic hydroxyl groups excluding tert-OH is 1. The molecule has 0 unspecified atom stereocenters. The molecular formula is C11H13F3O2. The van der Waals surface area contributed by atoms with Crippen molar-refractivity contribution in [2.75, 3.05) is 0 Å². The van der Waals surface area contributed by atoms with Crippen LogP contribution in [0.2, 0.25) is 0 Å². The second-order valence-corrected chi connectivity index (χ2v) is 3.46. The van der Waals surface area contributed by atoms with Gasteiger partial charge in [0.15, 0.2) is 0 Å². The van der Waals surface area contributed by atoms with Gasteiger partial charge in [-0.15, -0.1) is 13.2 Å². The highest BCUT2D eigenvalue weighted by Gasteiger charge is 2.30. The minimum absolute atomic E-state index is 0.248. The van der Waals surface area contributed by atoms with E-state index in [2.05, 4.69) is 4.74 Å². The molecular weight excluding hydrogens is 221 g/mol. The molecule has 0 saturated carbocycles. The molecule has 5 heteroatoms. The summed E-state index contributed by atoms with van der Waals surface area (Å²) in [6, 6.07) is 5.51. The first kappa shape index (κ1) is 12.8. The Labute approximate surface area is 91.7 Å². The molecule has 0 fully saturated rings. The van der Waals surface area contributed by atoms with Gasteiger partial charge in [-0.3, -0.25) is 0 Å². The fraction of sp³-hybridized carbons (Fsp3) is 0.455. The smallest absolute Gasteiger partial charge is 0.406 e. The van der Waals surface area contributed by atoms with Gasteiger partial charge in [-0.1, -0.05) is 19.1 Å². The fourth-order valence-corrected chi connectivity index (χ4v) is 1.24. The molecule has 90 valence electrons. The van der Waals surface area contributed by atoms with Crippen molar-refractivity contribution in [3.05, 3.63) is 29.8 Å². The minimum atomic E-state index is -4.66. The van der Waals surface area contributed by atoms with Crippen molar-refractivity contribution in [3.8, 4) is 5.75 Å². The molecule has 0 aliphatic carbocycles. The van der Waals surface area contributed by atoms with Crippen LogP contribution in [-0.4, -0.2) is 17.6 Å². The van der Waals surface area contributed by atoms with Gasteiger partial charge in [0.05, 0.1) is 6.10 Å². The molecule has 1 N–H and O–H groups in total. The third-order valence-corrected chi connectivity index (χ3v) is 2.10. The third-order valence-electron chi connectivity index (χ3n) is 2.10. The summed E-state index contributed by atoms with van der Waals surface area (Å²) in [5.74, 6) is -0.248. The zero-order chi connectivity index (χ0) is 12.2. The Balaban J connectivity index is 2.61. The Morgan fingerprint density at radius 3 is 2.25 bits per heavy atom. The summed E-state index contributed by atoms with van der Waals surface area (Å²) >= 11 is 0. The lowest BCUT2D eigenvalue weighted by Gasteiger charge is -2.10. The lowest BCUT2D eigenvalue weighted by atomic mass is 10.1. The van der Waals surface area contributed by atoms with Crippen LogP contribution in [0.15, 0.2) is 24.3 Å². The molecule has 0 aliphatic heterocycles. The van der Waals surface area contributed by atoms with Crippen molar-refractivity contribution >= 4 is 0 Å². The van der Waals surface area contributed by atoms with Crippen molar-refractivity contribution in [1.82, 2.24) is 0 Å². The molecule has 0 bridgehead atoms. The van der Waals surface area contributed by atoms with Gasteiger partial charge in [-0.2, -0.15) is 0 Å². The van der Waals surface area contributed by atoms with E-state index < -0.39 is 12.5 Å². The van der Waals surface area contributed by atoms with E-state index in [-0.39, 0.29) is 5.75 Å². The maximum absolute atomic E-state index is 11.8. The number of benzene rings is 1. The van der Waals surface area contributed by atoms with E-state index in [4.69, 9.17) is 0 Å². The normalized spacial score (nSPS) is 13.6. The van der Waals surface area contributed by atoms with Crippen LogP contribution in [0.5, 0.6) is 5.75 Å². The Bertz CT molecular complexity index is 319. The Morgan fingerprint density at radius 1 is 1.25 bits per heavy atom. The molecule has 0 spiro atoms. The molecule has 1 aromatic carbocycles. The zero-order valence-electron chi connectivity index (χ0n) is 8.79. The molecule has 0 aromatic heterocycles. The van der Waals surface area contributed by atoms with Crippen LogP contribution in [-0.2, 0) is 6.42 Å². The predicted molar refractivity (Wildman–Crippen MR) is 53.1 cm³/mol. The quantitative estimate of drug-likeness (QED) is 0.867. The van der Waals surface area contributed by atoms with Gasteiger partial charge in [0, 0.05) is 0 Å². The van der Waals surface area contributed by atoms with Gasteiger partial charge in [-0.05, 0) is 30.5 Å². The number of halogens is 3. The van der Waals surface area contributed by atoms with Crippen LogP contribution in [0, 0.1) is 0 Å². The molecule has 1 atom stereocenters. The standard InChI is InChI=1S/C11H13F3O2/c1-2-9(15)7-8-3-5-10(6-4-8)16-11(12,13)14/h3-6,9,15H,2,7H2,1H3/t9-/m1/s1. The van der Waals surface area contributed by atoms with E-state index in [0.29, 0.717) is 12.8 Å². The van der Waals surface area contributed by atoms with Crippen LogP contribution in [0.4, 0.5) is 13.2 Å². The summed E-state index contributed by atoms with van der Waals surface area (Å²) < 4.78 is 39.3. The largest absolute Gasteiger partial charge is 0.573 e. The monoisotopic (exact) mass is 234 g/mol. The summed E-state index contributed by atoms with van der Waals surface area (Å²) in [6.07, 6.45) is -4.08. The molecule has 0 heterocycles. The summed E-state index contributed by atoms with van der Waals surface area (Å²) in [6.45, 7) is 1.84. The highest BCUT2D eigenvalue weighted by atomic mass is 19.4. The average Bonchev–Trinajstić information content (AvgIpc) is 2.18. The highest BCUT2D eigenvalue weighted by Crippen LogP contribution is 2.23. The Hall–Kier alpha value is -1.23. The number of hydrogen-bond acceptors (Lipinski definition) is 2. The van der Waals surface area contributed by atoms with E-state index in [1.807, 2.05) is 6.92 Å². The van der Waals surface area contributed by atoms with E-state index in [0.717, 1.165) is 5.56 Å². The summed E-state index contributed by atoms with van der Waals surface area (Å²) in [5.41, 5.74) is 0.781. The van der Waals surface area contributed by atoms with E-state index in [9.17, 15) is 18.3 Å².